The number of amides is 1. The summed E-state index contributed by atoms with van der Waals surface area (Å²) >= 11 is 0. The maximum absolute atomic E-state index is 12.3. The van der Waals surface area contributed by atoms with E-state index in [0.717, 1.165) is 18.9 Å². The second-order valence-electron chi connectivity index (χ2n) is 5.41. The van der Waals surface area contributed by atoms with E-state index < -0.39 is 0 Å². The molecule has 1 aliphatic rings. The number of carbonyl (C=O) groups is 1. The minimum atomic E-state index is -0.0655. The van der Waals surface area contributed by atoms with Crippen LogP contribution in [0.25, 0.3) is 0 Å². The third kappa shape index (κ3) is 3.83. The first kappa shape index (κ1) is 16.3. The highest BCUT2D eigenvalue weighted by atomic mass is 16.5. The molecule has 1 amide bonds. The standard InChI is InChI=1S/C16H21N5O3/c1-23-12-6-18-16-17-5-4-14(19-16)20-7-9-21(10-8-20)15(22)13-3-2-11-24-13/h2-5,11H,6-10,12H2,1H3,(H,17,18,19). The Labute approximate surface area is 140 Å². The van der Waals surface area contributed by atoms with Crippen molar-refractivity contribution in [2.75, 3.05) is 56.7 Å². The number of ether oxygens (including phenoxy) is 1. The van der Waals surface area contributed by atoms with Gasteiger partial charge in [-0.15, -0.1) is 0 Å². The number of anilines is 2. The van der Waals surface area contributed by atoms with Crippen LogP contribution in [0.5, 0.6) is 0 Å². The van der Waals surface area contributed by atoms with E-state index in [2.05, 4.69) is 20.2 Å². The molecule has 8 nitrogen and oxygen atoms in total. The van der Waals surface area contributed by atoms with Crippen LogP contribution >= 0.6 is 0 Å². The zero-order valence-corrected chi connectivity index (χ0v) is 13.6. The molecule has 1 N–H and O–H groups in total. The second kappa shape index (κ2) is 7.78. The zero-order valence-electron chi connectivity index (χ0n) is 13.6. The summed E-state index contributed by atoms with van der Waals surface area (Å²) in [4.78, 5) is 24.9. The molecule has 0 unspecified atom stereocenters. The summed E-state index contributed by atoms with van der Waals surface area (Å²) in [5, 5.41) is 3.12. The predicted octanol–water partition coefficient (Wildman–Crippen LogP) is 1.09. The Balaban J connectivity index is 1.56. The highest BCUT2D eigenvalue weighted by Gasteiger charge is 2.24. The molecule has 0 bridgehead atoms. The fraction of sp³-hybridized carbons (Fsp3) is 0.438. The number of nitrogens with one attached hydrogen (secondary N) is 1. The Hall–Kier alpha value is -2.61. The van der Waals surface area contributed by atoms with E-state index in [9.17, 15) is 4.79 Å². The van der Waals surface area contributed by atoms with Crippen molar-refractivity contribution in [2.45, 2.75) is 0 Å². The molecule has 0 spiro atoms. The van der Waals surface area contributed by atoms with Crippen LogP contribution in [0.2, 0.25) is 0 Å². The van der Waals surface area contributed by atoms with Gasteiger partial charge in [0.1, 0.15) is 5.82 Å². The van der Waals surface area contributed by atoms with Crippen LogP contribution in [0.15, 0.2) is 35.1 Å². The van der Waals surface area contributed by atoms with E-state index in [0.29, 0.717) is 37.9 Å². The van der Waals surface area contributed by atoms with Crippen molar-refractivity contribution in [3.05, 3.63) is 36.4 Å². The number of hydrogen-bond donors (Lipinski definition) is 1. The van der Waals surface area contributed by atoms with Crippen molar-refractivity contribution >= 4 is 17.7 Å². The number of piperazine rings is 1. The lowest BCUT2D eigenvalue weighted by atomic mass is 10.3. The van der Waals surface area contributed by atoms with Crippen LogP contribution in [0.3, 0.4) is 0 Å². The van der Waals surface area contributed by atoms with Gasteiger partial charge in [-0.25, -0.2) is 4.98 Å². The van der Waals surface area contributed by atoms with Gasteiger partial charge in [-0.3, -0.25) is 4.79 Å². The van der Waals surface area contributed by atoms with Gasteiger partial charge in [-0.05, 0) is 18.2 Å². The Morgan fingerprint density at radius 1 is 1.33 bits per heavy atom. The lowest BCUT2D eigenvalue weighted by molar-refractivity contribution is 0.0714. The summed E-state index contributed by atoms with van der Waals surface area (Å²) in [6.45, 7) is 3.97. The SMILES string of the molecule is COCCNc1nccc(N2CCN(C(=O)c3ccco3)CC2)n1. The first-order valence-electron chi connectivity index (χ1n) is 7.91. The molecule has 128 valence electrons. The molecule has 0 aromatic carbocycles. The number of carbonyl (C=O) groups excluding carboxylic acids is 1. The molecule has 24 heavy (non-hydrogen) atoms. The summed E-state index contributed by atoms with van der Waals surface area (Å²) < 4.78 is 10.2. The molecule has 8 heteroatoms. The van der Waals surface area contributed by atoms with E-state index in [1.54, 1.807) is 30.3 Å². The summed E-state index contributed by atoms with van der Waals surface area (Å²) in [6.07, 6.45) is 3.25. The molecule has 0 atom stereocenters. The van der Waals surface area contributed by atoms with Gasteiger partial charge in [-0.2, -0.15) is 4.98 Å². The van der Waals surface area contributed by atoms with Crippen molar-refractivity contribution in [1.82, 2.24) is 14.9 Å². The largest absolute Gasteiger partial charge is 0.459 e. The van der Waals surface area contributed by atoms with Gasteiger partial charge in [0.2, 0.25) is 5.95 Å². The van der Waals surface area contributed by atoms with Gasteiger partial charge >= 0.3 is 0 Å². The van der Waals surface area contributed by atoms with Crippen LogP contribution in [0.1, 0.15) is 10.6 Å². The fourth-order valence-corrected chi connectivity index (χ4v) is 2.57. The number of hydrogen-bond acceptors (Lipinski definition) is 7. The van der Waals surface area contributed by atoms with Crippen LogP contribution < -0.4 is 10.2 Å². The average molecular weight is 331 g/mol. The molecule has 2 aromatic rings. The van der Waals surface area contributed by atoms with Gasteiger partial charge in [0.25, 0.3) is 5.91 Å². The van der Waals surface area contributed by atoms with Crippen molar-refractivity contribution in [3.63, 3.8) is 0 Å². The number of rotatable bonds is 6. The summed E-state index contributed by atoms with van der Waals surface area (Å²) in [7, 11) is 1.66. The highest BCUT2D eigenvalue weighted by Crippen LogP contribution is 2.16. The third-order valence-corrected chi connectivity index (χ3v) is 3.85. The van der Waals surface area contributed by atoms with Crippen molar-refractivity contribution in [1.29, 1.82) is 0 Å². The van der Waals surface area contributed by atoms with Crippen LogP contribution in [0.4, 0.5) is 11.8 Å². The number of methoxy groups -OCH3 is 1. The molecule has 0 aliphatic carbocycles. The Bertz CT molecular complexity index is 653. The topological polar surface area (TPSA) is 83.7 Å². The maximum Gasteiger partial charge on any atom is 0.289 e. The summed E-state index contributed by atoms with van der Waals surface area (Å²) in [5.41, 5.74) is 0. The molecule has 1 saturated heterocycles. The van der Waals surface area contributed by atoms with E-state index in [4.69, 9.17) is 9.15 Å². The van der Waals surface area contributed by atoms with Gasteiger partial charge < -0.3 is 24.3 Å². The smallest absolute Gasteiger partial charge is 0.289 e. The number of aromatic nitrogens is 2. The normalized spacial score (nSPS) is 14.7. The van der Waals surface area contributed by atoms with Crippen LogP contribution in [-0.2, 0) is 4.74 Å². The third-order valence-electron chi connectivity index (χ3n) is 3.85. The zero-order chi connectivity index (χ0) is 16.8. The first-order valence-corrected chi connectivity index (χ1v) is 7.91. The molecular formula is C16H21N5O3. The monoisotopic (exact) mass is 331 g/mol. The lowest BCUT2D eigenvalue weighted by Crippen LogP contribution is -2.49. The van der Waals surface area contributed by atoms with E-state index in [1.165, 1.54) is 6.26 Å². The first-order chi connectivity index (χ1) is 11.8. The molecule has 1 fully saturated rings. The second-order valence-corrected chi connectivity index (χ2v) is 5.41. The van der Waals surface area contributed by atoms with Crippen LogP contribution in [0, 0.1) is 0 Å². The van der Waals surface area contributed by atoms with Gasteiger partial charge in [0.05, 0.1) is 12.9 Å². The number of nitrogens with zero attached hydrogens (tertiary/aromatic N) is 4. The van der Waals surface area contributed by atoms with E-state index in [-0.39, 0.29) is 5.91 Å². The Morgan fingerprint density at radius 3 is 2.88 bits per heavy atom. The summed E-state index contributed by atoms with van der Waals surface area (Å²) in [5.74, 6) is 1.76. The Morgan fingerprint density at radius 2 is 2.17 bits per heavy atom. The van der Waals surface area contributed by atoms with E-state index >= 15 is 0 Å². The van der Waals surface area contributed by atoms with E-state index in [1.807, 2.05) is 6.07 Å². The predicted molar refractivity (Wildman–Crippen MR) is 89.2 cm³/mol. The minimum absolute atomic E-state index is 0.0655. The molecule has 3 rings (SSSR count). The summed E-state index contributed by atoms with van der Waals surface area (Å²) in [6, 6.07) is 5.30. The minimum Gasteiger partial charge on any atom is -0.459 e. The maximum atomic E-state index is 12.3. The molecule has 0 saturated carbocycles. The molecule has 2 aromatic heterocycles. The van der Waals surface area contributed by atoms with Crippen molar-refractivity contribution in [3.8, 4) is 0 Å². The number of furan rings is 1. The Kier molecular flexibility index (Phi) is 5.27. The van der Waals surface area contributed by atoms with Gasteiger partial charge in [0.15, 0.2) is 5.76 Å². The molecule has 3 heterocycles. The van der Waals surface area contributed by atoms with Gasteiger partial charge in [0, 0.05) is 46.0 Å². The molecule has 1 aliphatic heterocycles. The quantitative estimate of drug-likeness (QED) is 0.793. The average Bonchev–Trinajstić information content (AvgIpc) is 3.16. The molecular weight excluding hydrogens is 310 g/mol. The van der Waals surface area contributed by atoms with Crippen molar-refractivity contribution < 1.29 is 13.9 Å². The van der Waals surface area contributed by atoms with Crippen molar-refractivity contribution in [2.24, 2.45) is 0 Å². The lowest BCUT2D eigenvalue weighted by Gasteiger charge is -2.35. The van der Waals surface area contributed by atoms with Crippen LogP contribution in [-0.4, -0.2) is 67.2 Å². The fourth-order valence-electron chi connectivity index (χ4n) is 2.57. The van der Waals surface area contributed by atoms with Gasteiger partial charge in [-0.1, -0.05) is 0 Å². The highest BCUT2D eigenvalue weighted by molar-refractivity contribution is 5.91. The molecule has 0 radical (unpaired) electrons.